The summed E-state index contributed by atoms with van der Waals surface area (Å²) in [6, 6.07) is 9.47. The fourth-order valence-electron chi connectivity index (χ4n) is 3.59. The Morgan fingerprint density at radius 3 is 2.48 bits per heavy atom. The van der Waals surface area contributed by atoms with Gasteiger partial charge in [-0.25, -0.2) is 4.98 Å². The molecule has 0 amide bonds. The third kappa shape index (κ3) is 4.46. The monoisotopic (exact) mass is 361 g/mol. The van der Waals surface area contributed by atoms with E-state index < -0.39 is 0 Å². The second-order valence-corrected chi connectivity index (χ2v) is 7.09. The van der Waals surface area contributed by atoms with Crippen LogP contribution in [0.5, 0.6) is 0 Å². The van der Waals surface area contributed by atoms with Gasteiger partial charge in [0.2, 0.25) is 0 Å². The summed E-state index contributed by atoms with van der Waals surface area (Å²) in [7, 11) is 0. The summed E-state index contributed by atoms with van der Waals surface area (Å²) >= 11 is 0. The van der Waals surface area contributed by atoms with Gasteiger partial charge in [-0.2, -0.15) is 0 Å². The molecule has 1 aliphatic rings. The summed E-state index contributed by atoms with van der Waals surface area (Å²) in [4.78, 5) is 27.7. The van der Waals surface area contributed by atoms with Crippen LogP contribution in [-0.4, -0.2) is 37.5 Å². The van der Waals surface area contributed by atoms with Crippen LogP contribution in [0.25, 0.3) is 11.3 Å². The number of hydrogen-bond donors (Lipinski definition) is 0. The minimum atomic E-state index is 0.00152. The Kier molecular flexibility index (Phi) is 5.34. The Bertz CT molecular complexity index is 918. The van der Waals surface area contributed by atoms with Crippen molar-refractivity contribution in [1.82, 2.24) is 24.4 Å². The molecule has 27 heavy (non-hydrogen) atoms. The summed E-state index contributed by atoms with van der Waals surface area (Å²) < 4.78 is 1.74. The lowest BCUT2D eigenvalue weighted by atomic mass is 9.96. The maximum Gasteiger partial charge on any atom is 0.253 e. The van der Waals surface area contributed by atoms with Crippen molar-refractivity contribution in [3.8, 4) is 11.3 Å². The van der Waals surface area contributed by atoms with E-state index in [1.54, 1.807) is 35.6 Å². The van der Waals surface area contributed by atoms with E-state index in [1.807, 2.05) is 24.4 Å². The molecule has 1 saturated heterocycles. The number of aromatic nitrogens is 4. The van der Waals surface area contributed by atoms with Gasteiger partial charge in [-0.15, -0.1) is 0 Å². The van der Waals surface area contributed by atoms with E-state index in [-0.39, 0.29) is 5.56 Å². The number of piperidine rings is 1. The maximum absolute atomic E-state index is 12.5. The first kappa shape index (κ1) is 17.5. The Hall–Kier alpha value is -2.86. The Balaban J connectivity index is 1.34. The van der Waals surface area contributed by atoms with E-state index in [9.17, 15) is 4.79 Å². The van der Waals surface area contributed by atoms with Crippen LogP contribution in [0.4, 0.5) is 0 Å². The molecule has 0 atom stereocenters. The number of likely N-dealkylation sites (tertiary alicyclic amines) is 1. The van der Waals surface area contributed by atoms with Gasteiger partial charge in [0.1, 0.15) is 0 Å². The van der Waals surface area contributed by atoms with Crippen LogP contribution in [0.15, 0.2) is 66.2 Å². The number of nitrogens with zero attached hydrogens (tertiary/aromatic N) is 5. The van der Waals surface area contributed by atoms with Gasteiger partial charge in [0.05, 0.1) is 12.0 Å². The largest absolute Gasteiger partial charge is 0.299 e. The minimum Gasteiger partial charge on any atom is -0.299 e. The van der Waals surface area contributed by atoms with Crippen molar-refractivity contribution in [2.24, 2.45) is 5.92 Å². The predicted molar refractivity (Wildman–Crippen MR) is 104 cm³/mol. The summed E-state index contributed by atoms with van der Waals surface area (Å²) in [5.41, 5.74) is 2.80. The van der Waals surface area contributed by atoms with Gasteiger partial charge < -0.3 is 0 Å². The van der Waals surface area contributed by atoms with Crippen LogP contribution in [0, 0.1) is 5.92 Å². The van der Waals surface area contributed by atoms with Gasteiger partial charge in [0.25, 0.3) is 5.56 Å². The molecule has 138 valence electrons. The lowest BCUT2D eigenvalue weighted by Gasteiger charge is -2.32. The molecule has 0 spiro atoms. The molecule has 0 unspecified atom stereocenters. The van der Waals surface area contributed by atoms with Crippen molar-refractivity contribution in [2.75, 3.05) is 13.1 Å². The van der Waals surface area contributed by atoms with Gasteiger partial charge in [0.15, 0.2) is 0 Å². The lowest BCUT2D eigenvalue weighted by molar-refractivity contribution is 0.166. The van der Waals surface area contributed by atoms with Crippen LogP contribution in [0.1, 0.15) is 18.4 Å². The molecule has 1 aliphatic heterocycles. The van der Waals surface area contributed by atoms with Gasteiger partial charge in [0, 0.05) is 49.5 Å². The third-order valence-corrected chi connectivity index (χ3v) is 5.13. The second kappa shape index (κ2) is 8.22. The highest BCUT2D eigenvalue weighted by atomic mass is 16.1. The Morgan fingerprint density at radius 2 is 1.81 bits per heavy atom. The van der Waals surface area contributed by atoms with Crippen LogP contribution in [0.2, 0.25) is 0 Å². The Morgan fingerprint density at radius 1 is 1.04 bits per heavy atom. The zero-order chi connectivity index (χ0) is 18.5. The van der Waals surface area contributed by atoms with Crippen molar-refractivity contribution in [1.29, 1.82) is 0 Å². The zero-order valence-electron chi connectivity index (χ0n) is 15.2. The zero-order valence-corrected chi connectivity index (χ0v) is 15.2. The number of rotatable bonds is 5. The molecule has 4 rings (SSSR count). The van der Waals surface area contributed by atoms with Gasteiger partial charge >= 0.3 is 0 Å². The quantitative estimate of drug-likeness (QED) is 0.699. The van der Waals surface area contributed by atoms with Crippen LogP contribution in [-0.2, 0) is 13.1 Å². The van der Waals surface area contributed by atoms with E-state index >= 15 is 0 Å². The Labute approximate surface area is 158 Å². The summed E-state index contributed by atoms with van der Waals surface area (Å²) in [5, 5.41) is 0. The molecule has 3 aromatic heterocycles. The highest BCUT2D eigenvalue weighted by Gasteiger charge is 2.20. The molecule has 3 aromatic rings. The van der Waals surface area contributed by atoms with E-state index in [0.29, 0.717) is 11.6 Å². The predicted octanol–water partition coefficient (Wildman–Crippen LogP) is 2.61. The van der Waals surface area contributed by atoms with Crippen molar-refractivity contribution in [2.45, 2.75) is 25.9 Å². The fourth-order valence-corrected chi connectivity index (χ4v) is 3.59. The molecular weight excluding hydrogens is 338 g/mol. The number of pyridine rings is 2. The highest BCUT2D eigenvalue weighted by Crippen LogP contribution is 2.20. The summed E-state index contributed by atoms with van der Waals surface area (Å²) in [6.07, 6.45) is 11.0. The van der Waals surface area contributed by atoms with Gasteiger partial charge in [-0.1, -0.05) is 6.07 Å². The maximum atomic E-state index is 12.5. The average Bonchev–Trinajstić information content (AvgIpc) is 2.72. The van der Waals surface area contributed by atoms with Gasteiger partial charge in [-0.05, 0) is 55.6 Å². The van der Waals surface area contributed by atoms with Gasteiger partial charge in [-0.3, -0.25) is 24.2 Å². The molecule has 0 saturated carbocycles. The molecule has 0 aliphatic carbocycles. The first-order chi connectivity index (χ1) is 13.3. The van der Waals surface area contributed by atoms with Crippen LogP contribution < -0.4 is 5.56 Å². The first-order valence-electron chi connectivity index (χ1n) is 9.36. The second-order valence-electron chi connectivity index (χ2n) is 7.09. The number of hydrogen-bond acceptors (Lipinski definition) is 5. The van der Waals surface area contributed by atoms with E-state index in [1.165, 1.54) is 5.56 Å². The van der Waals surface area contributed by atoms with Crippen LogP contribution in [0.3, 0.4) is 0 Å². The molecule has 1 fully saturated rings. The molecule has 0 bridgehead atoms. The molecule has 6 nitrogen and oxygen atoms in total. The molecule has 0 aromatic carbocycles. The van der Waals surface area contributed by atoms with E-state index in [4.69, 9.17) is 0 Å². The minimum absolute atomic E-state index is 0.00152. The molecule has 6 heteroatoms. The standard InChI is InChI=1S/C21H23N5O/c27-21-11-20(19-4-2-8-23-13-19)24-16-26(21)15-17-5-9-25(10-6-17)14-18-3-1-7-22-12-18/h1-4,7-8,11-13,16-17H,5-6,9-10,14-15H2. The first-order valence-corrected chi connectivity index (χ1v) is 9.36. The molecule has 0 radical (unpaired) electrons. The van der Waals surface area contributed by atoms with E-state index in [2.05, 4.69) is 25.9 Å². The van der Waals surface area contributed by atoms with Crippen molar-refractivity contribution in [3.63, 3.8) is 0 Å². The topological polar surface area (TPSA) is 63.9 Å². The van der Waals surface area contributed by atoms with E-state index in [0.717, 1.165) is 44.6 Å². The molecular formula is C21H23N5O. The fraction of sp³-hybridized carbons (Fsp3) is 0.333. The van der Waals surface area contributed by atoms with Crippen LogP contribution >= 0.6 is 0 Å². The summed E-state index contributed by atoms with van der Waals surface area (Å²) in [5.74, 6) is 0.513. The highest BCUT2D eigenvalue weighted by molar-refractivity contribution is 5.56. The molecule has 4 heterocycles. The summed E-state index contributed by atoms with van der Waals surface area (Å²) in [6.45, 7) is 3.78. The SMILES string of the molecule is O=c1cc(-c2cccnc2)ncn1CC1CCN(Cc2cccnc2)CC1. The molecule has 0 N–H and O–H groups in total. The lowest BCUT2D eigenvalue weighted by Crippen LogP contribution is -2.36. The third-order valence-electron chi connectivity index (χ3n) is 5.13. The van der Waals surface area contributed by atoms with Crippen molar-refractivity contribution in [3.05, 3.63) is 77.4 Å². The van der Waals surface area contributed by atoms with Crippen molar-refractivity contribution < 1.29 is 0 Å². The normalized spacial score (nSPS) is 15.7. The average molecular weight is 361 g/mol. The van der Waals surface area contributed by atoms with Crippen molar-refractivity contribution >= 4 is 0 Å². The smallest absolute Gasteiger partial charge is 0.253 e.